The Labute approximate surface area is 140 Å². The number of nitrogens with one attached hydrogen (secondary N) is 2. The zero-order valence-electron chi connectivity index (χ0n) is 12.2. The molecular formula is C16H11ClF2N4O. The molecule has 1 heterocycles. The fourth-order valence-corrected chi connectivity index (χ4v) is 2.21. The van der Waals surface area contributed by atoms with Gasteiger partial charge in [0.15, 0.2) is 11.6 Å². The fourth-order valence-electron chi connectivity index (χ4n) is 2.14. The predicted octanol–water partition coefficient (Wildman–Crippen LogP) is 3.83. The number of hydrogen-bond acceptors (Lipinski definition) is 4. The first-order chi connectivity index (χ1) is 11.6. The van der Waals surface area contributed by atoms with Gasteiger partial charge in [-0.25, -0.2) is 18.7 Å². The van der Waals surface area contributed by atoms with Crippen molar-refractivity contribution < 1.29 is 13.6 Å². The summed E-state index contributed by atoms with van der Waals surface area (Å²) in [6.45, 7) is 0. The molecule has 1 aromatic heterocycles. The van der Waals surface area contributed by atoms with Gasteiger partial charge in [-0.2, -0.15) is 0 Å². The lowest BCUT2D eigenvalue weighted by Gasteiger charge is -2.10. The average molecular weight is 349 g/mol. The Hall–Kier alpha value is -2.80. The van der Waals surface area contributed by atoms with Crippen LogP contribution in [0.1, 0.15) is 0 Å². The van der Waals surface area contributed by atoms with Crippen LogP contribution in [0.4, 0.5) is 26.0 Å². The van der Waals surface area contributed by atoms with Crippen molar-refractivity contribution in [2.75, 3.05) is 16.5 Å². The number of rotatable bonds is 4. The Bertz CT molecular complexity index is 920. The first-order valence-electron chi connectivity index (χ1n) is 6.89. The molecule has 0 bridgehead atoms. The highest BCUT2D eigenvalue weighted by atomic mass is 35.5. The van der Waals surface area contributed by atoms with Crippen LogP contribution in [0.25, 0.3) is 10.9 Å². The van der Waals surface area contributed by atoms with Crippen LogP contribution in [-0.2, 0) is 4.79 Å². The lowest BCUT2D eigenvalue weighted by Crippen LogP contribution is -2.12. The number of alkyl halides is 1. The number of nitrogens with zero attached hydrogens (tertiary/aromatic N) is 2. The number of benzene rings is 2. The van der Waals surface area contributed by atoms with E-state index >= 15 is 0 Å². The van der Waals surface area contributed by atoms with E-state index in [1.54, 1.807) is 18.2 Å². The van der Waals surface area contributed by atoms with Gasteiger partial charge >= 0.3 is 0 Å². The molecule has 0 unspecified atom stereocenters. The number of halogens is 3. The van der Waals surface area contributed by atoms with Gasteiger partial charge in [-0.3, -0.25) is 4.79 Å². The third-order valence-corrected chi connectivity index (χ3v) is 3.47. The molecule has 24 heavy (non-hydrogen) atoms. The number of carbonyl (C=O) groups is 1. The van der Waals surface area contributed by atoms with Gasteiger partial charge in [0, 0.05) is 22.8 Å². The molecule has 0 atom stereocenters. The van der Waals surface area contributed by atoms with Crippen molar-refractivity contribution in [2.24, 2.45) is 0 Å². The second-order valence-electron chi connectivity index (χ2n) is 4.89. The van der Waals surface area contributed by atoms with Crippen molar-refractivity contribution >= 4 is 45.6 Å². The van der Waals surface area contributed by atoms with Crippen LogP contribution in [0.5, 0.6) is 0 Å². The Morgan fingerprint density at radius 2 is 1.83 bits per heavy atom. The molecule has 3 rings (SSSR count). The van der Waals surface area contributed by atoms with Crippen LogP contribution >= 0.6 is 11.6 Å². The molecule has 3 aromatic rings. The van der Waals surface area contributed by atoms with E-state index in [9.17, 15) is 13.6 Å². The van der Waals surface area contributed by atoms with Gasteiger partial charge in [0.05, 0.1) is 5.52 Å². The van der Waals surface area contributed by atoms with Gasteiger partial charge in [-0.05, 0) is 30.3 Å². The Morgan fingerprint density at radius 3 is 2.58 bits per heavy atom. The molecule has 0 aliphatic rings. The van der Waals surface area contributed by atoms with E-state index in [0.717, 1.165) is 12.1 Å². The largest absolute Gasteiger partial charge is 0.340 e. The molecule has 2 N–H and O–H groups in total. The maximum absolute atomic E-state index is 13.3. The van der Waals surface area contributed by atoms with E-state index < -0.39 is 11.6 Å². The first-order valence-corrected chi connectivity index (χ1v) is 7.43. The summed E-state index contributed by atoms with van der Waals surface area (Å²) in [4.78, 5) is 19.6. The molecule has 0 fully saturated rings. The van der Waals surface area contributed by atoms with Gasteiger partial charge in [-0.15, -0.1) is 11.6 Å². The van der Waals surface area contributed by atoms with Crippen molar-refractivity contribution in [3.05, 3.63) is 54.4 Å². The molecule has 0 saturated carbocycles. The third-order valence-electron chi connectivity index (χ3n) is 3.22. The standard InChI is InChI=1S/C16H11ClF2N4O/c17-7-15(24)22-9-2-4-14-11(5-9)16(21-8-20-14)23-10-1-3-12(18)13(19)6-10/h1-6,8H,7H2,(H,22,24)(H,20,21,23). The van der Waals surface area contributed by atoms with Gasteiger partial charge < -0.3 is 10.6 Å². The van der Waals surface area contributed by atoms with Crippen LogP contribution < -0.4 is 10.6 Å². The van der Waals surface area contributed by atoms with Crippen LogP contribution in [-0.4, -0.2) is 21.8 Å². The molecule has 2 aromatic carbocycles. The molecular weight excluding hydrogens is 338 g/mol. The van der Waals surface area contributed by atoms with Crippen molar-refractivity contribution in [3.63, 3.8) is 0 Å². The SMILES string of the molecule is O=C(CCl)Nc1ccc2ncnc(Nc3ccc(F)c(F)c3)c2c1. The number of aromatic nitrogens is 2. The Balaban J connectivity index is 1.98. The molecule has 0 aliphatic heterocycles. The average Bonchev–Trinajstić information content (AvgIpc) is 2.58. The number of carbonyl (C=O) groups excluding carboxylic acids is 1. The normalized spacial score (nSPS) is 10.6. The minimum absolute atomic E-state index is 0.163. The molecule has 0 spiro atoms. The second-order valence-corrected chi connectivity index (χ2v) is 5.16. The summed E-state index contributed by atoms with van der Waals surface area (Å²) in [6, 6.07) is 8.50. The summed E-state index contributed by atoms with van der Waals surface area (Å²) in [5.41, 5.74) is 1.49. The Morgan fingerprint density at radius 1 is 1.04 bits per heavy atom. The summed E-state index contributed by atoms with van der Waals surface area (Å²) in [6.07, 6.45) is 1.35. The molecule has 0 aliphatic carbocycles. The van der Waals surface area contributed by atoms with E-state index in [4.69, 9.17) is 11.6 Å². The molecule has 0 radical (unpaired) electrons. The highest BCUT2D eigenvalue weighted by molar-refractivity contribution is 6.29. The minimum atomic E-state index is -0.964. The predicted molar refractivity (Wildman–Crippen MR) is 88.5 cm³/mol. The number of fused-ring (bicyclic) bond motifs is 1. The number of anilines is 3. The van der Waals surface area contributed by atoms with Gasteiger partial charge in [0.1, 0.15) is 18.0 Å². The van der Waals surface area contributed by atoms with Crippen LogP contribution in [0.15, 0.2) is 42.7 Å². The number of amides is 1. The Kier molecular flexibility index (Phi) is 4.52. The summed E-state index contributed by atoms with van der Waals surface area (Å²) in [7, 11) is 0. The van der Waals surface area contributed by atoms with Crippen LogP contribution in [0, 0.1) is 11.6 Å². The number of hydrogen-bond donors (Lipinski definition) is 2. The fraction of sp³-hybridized carbons (Fsp3) is 0.0625. The minimum Gasteiger partial charge on any atom is -0.340 e. The maximum Gasteiger partial charge on any atom is 0.239 e. The summed E-state index contributed by atoms with van der Waals surface area (Å²) in [5, 5.41) is 6.15. The van der Waals surface area contributed by atoms with E-state index in [-0.39, 0.29) is 11.8 Å². The topological polar surface area (TPSA) is 66.9 Å². The van der Waals surface area contributed by atoms with E-state index in [2.05, 4.69) is 20.6 Å². The summed E-state index contributed by atoms with van der Waals surface area (Å²) in [5.74, 6) is -2.01. The second kappa shape index (κ2) is 6.76. The molecule has 8 heteroatoms. The van der Waals surface area contributed by atoms with E-state index in [1.165, 1.54) is 12.4 Å². The highest BCUT2D eigenvalue weighted by Crippen LogP contribution is 2.26. The molecule has 122 valence electrons. The van der Waals surface area contributed by atoms with Gasteiger partial charge in [0.25, 0.3) is 0 Å². The van der Waals surface area contributed by atoms with Crippen molar-refractivity contribution in [2.45, 2.75) is 0 Å². The molecule has 0 saturated heterocycles. The van der Waals surface area contributed by atoms with E-state index in [0.29, 0.717) is 28.1 Å². The van der Waals surface area contributed by atoms with Crippen molar-refractivity contribution in [3.8, 4) is 0 Å². The van der Waals surface area contributed by atoms with Gasteiger partial charge in [0.2, 0.25) is 5.91 Å². The monoisotopic (exact) mass is 348 g/mol. The van der Waals surface area contributed by atoms with Crippen LogP contribution in [0.3, 0.4) is 0 Å². The maximum atomic E-state index is 13.3. The summed E-state index contributed by atoms with van der Waals surface area (Å²) < 4.78 is 26.4. The summed E-state index contributed by atoms with van der Waals surface area (Å²) >= 11 is 5.47. The smallest absolute Gasteiger partial charge is 0.239 e. The first kappa shape index (κ1) is 16.1. The van der Waals surface area contributed by atoms with Crippen LogP contribution in [0.2, 0.25) is 0 Å². The van der Waals surface area contributed by atoms with Crippen molar-refractivity contribution in [1.82, 2.24) is 9.97 Å². The molecule has 1 amide bonds. The zero-order valence-corrected chi connectivity index (χ0v) is 12.9. The quantitative estimate of drug-likeness (QED) is 0.703. The van der Waals surface area contributed by atoms with Gasteiger partial charge in [-0.1, -0.05) is 0 Å². The zero-order chi connectivity index (χ0) is 17.1. The lowest BCUT2D eigenvalue weighted by molar-refractivity contribution is -0.113. The van der Waals surface area contributed by atoms with Crippen molar-refractivity contribution in [1.29, 1.82) is 0 Å². The van der Waals surface area contributed by atoms with E-state index in [1.807, 2.05) is 0 Å². The lowest BCUT2D eigenvalue weighted by atomic mass is 10.2. The third kappa shape index (κ3) is 3.41. The highest BCUT2D eigenvalue weighted by Gasteiger charge is 2.09. The molecule has 5 nitrogen and oxygen atoms in total.